The van der Waals surface area contributed by atoms with Gasteiger partial charge in [-0.05, 0) is 18.4 Å². The van der Waals surface area contributed by atoms with Crippen molar-refractivity contribution in [3.8, 4) is 0 Å². The number of hydrogen-bond acceptors (Lipinski definition) is 3. The van der Waals surface area contributed by atoms with Crippen molar-refractivity contribution in [2.75, 3.05) is 0 Å². The molecular formula is C15H18N2O2S. The second-order valence-corrected chi connectivity index (χ2v) is 6.60. The molecule has 106 valence electrons. The molecule has 2 unspecified atom stereocenters. The second-order valence-electron chi connectivity index (χ2n) is 5.41. The van der Waals surface area contributed by atoms with Crippen LogP contribution >= 0.6 is 11.8 Å². The molecule has 2 aliphatic rings. The van der Waals surface area contributed by atoms with Gasteiger partial charge < -0.3 is 5.32 Å². The van der Waals surface area contributed by atoms with Crippen molar-refractivity contribution in [3.05, 3.63) is 35.9 Å². The van der Waals surface area contributed by atoms with Crippen LogP contribution in [0.1, 0.15) is 31.2 Å². The predicted molar refractivity (Wildman–Crippen MR) is 79.4 cm³/mol. The van der Waals surface area contributed by atoms with Gasteiger partial charge in [-0.3, -0.25) is 10.1 Å². The number of rotatable bonds is 3. The Morgan fingerprint density at radius 3 is 2.70 bits per heavy atom. The number of carbonyl (C=O) groups excluding carboxylic acids is 2. The maximum atomic E-state index is 12.2. The van der Waals surface area contributed by atoms with Crippen molar-refractivity contribution in [1.29, 1.82) is 0 Å². The van der Waals surface area contributed by atoms with Crippen LogP contribution in [0.5, 0.6) is 0 Å². The summed E-state index contributed by atoms with van der Waals surface area (Å²) in [6.07, 6.45) is 3.84. The van der Waals surface area contributed by atoms with Crippen molar-refractivity contribution < 1.29 is 9.59 Å². The van der Waals surface area contributed by atoms with Gasteiger partial charge in [0.15, 0.2) is 0 Å². The van der Waals surface area contributed by atoms with Crippen LogP contribution in [0.15, 0.2) is 30.3 Å². The number of hydrogen-bond donors (Lipinski definition) is 2. The maximum absolute atomic E-state index is 12.2. The molecule has 1 aliphatic carbocycles. The van der Waals surface area contributed by atoms with Crippen molar-refractivity contribution in [1.82, 2.24) is 10.6 Å². The molecule has 1 aromatic rings. The summed E-state index contributed by atoms with van der Waals surface area (Å²) >= 11 is 1.78. The average Bonchev–Trinajstić information content (AvgIpc) is 2.74. The predicted octanol–water partition coefficient (Wildman–Crippen LogP) is 2.44. The van der Waals surface area contributed by atoms with Gasteiger partial charge in [-0.25, -0.2) is 4.79 Å². The van der Waals surface area contributed by atoms with E-state index in [9.17, 15) is 9.59 Å². The molecule has 0 radical (unpaired) electrons. The molecule has 5 heteroatoms. The van der Waals surface area contributed by atoms with E-state index in [1.165, 1.54) is 5.56 Å². The van der Waals surface area contributed by atoms with Gasteiger partial charge in [0.05, 0.1) is 0 Å². The Morgan fingerprint density at radius 2 is 2.00 bits per heavy atom. The molecule has 0 aromatic heterocycles. The summed E-state index contributed by atoms with van der Waals surface area (Å²) < 4.78 is 0. The van der Waals surface area contributed by atoms with Crippen LogP contribution < -0.4 is 10.6 Å². The van der Waals surface area contributed by atoms with Gasteiger partial charge in [-0.1, -0.05) is 43.2 Å². The van der Waals surface area contributed by atoms with E-state index in [4.69, 9.17) is 0 Å². The van der Waals surface area contributed by atoms with Crippen LogP contribution in [-0.4, -0.2) is 22.7 Å². The first kappa shape index (κ1) is 13.5. The molecule has 1 heterocycles. The number of nitrogens with one attached hydrogen (secondary N) is 2. The van der Waals surface area contributed by atoms with Crippen LogP contribution in [0.4, 0.5) is 4.79 Å². The first-order valence-electron chi connectivity index (χ1n) is 7.00. The molecule has 1 saturated carbocycles. The highest BCUT2D eigenvalue weighted by Gasteiger charge is 2.52. The Balaban J connectivity index is 1.73. The molecule has 1 aliphatic heterocycles. The van der Waals surface area contributed by atoms with Gasteiger partial charge in [0, 0.05) is 11.0 Å². The minimum Gasteiger partial charge on any atom is -0.322 e. The molecule has 4 nitrogen and oxygen atoms in total. The molecular weight excluding hydrogens is 272 g/mol. The standard InChI is InChI=1S/C15H18N2O2S/c18-13-15(17-14(19)16-13)9-5-4-8-12(15)20-10-11-6-2-1-3-7-11/h1-3,6-7,12H,4-5,8-10H2,(H2,16,17,18,19). The first-order valence-corrected chi connectivity index (χ1v) is 8.05. The van der Waals surface area contributed by atoms with Gasteiger partial charge in [-0.15, -0.1) is 0 Å². The summed E-state index contributed by atoms with van der Waals surface area (Å²) in [5, 5.41) is 5.44. The van der Waals surface area contributed by atoms with Crippen LogP contribution in [0.3, 0.4) is 0 Å². The Labute approximate surface area is 122 Å². The highest BCUT2D eigenvalue weighted by Crippen LogP contribution is 2.39. The summed E-state index contributed by atoms with van der Waals surface area (Å²) in [7, 11) is 0. The lowest BCUT2D eigenvalue weighted by Crippen LogP contribution is -2.56. The van der Waals surface area contributed by atoms with E-state index in [0.717, 1.165) is 31.4 Å². The Bertz CT molecular complexity index is 520. The van der Waals surface area contributed by atoms with Gasteiger partial charge in [0.2, 0.25) is 0 Å². The monoisotopic (exact) mass is 290 g/mol. The van der Waals surface area contributed by atoms with E-state index in [-0.39, 0.29) is 17.2 Å². The van der Waals surface area contributed by atoms with Crippen molar-refractivity contribution >= 4 is 23.7 Å². The third-order valence-electron chi connectivity index (χ3n) is 4.10. The molecule has 2 atom stereocenters. The maximum Gasteiger partial charge on any atom is 0.322 e. The molecule has 20 heavy (non-hydrogen) atoms. The first-order chi connectivity index (χ1) is 9.71. The Morgan fingerprint density at radius 1 is 1.20 bits per heavy atom. The summed E-state index contributed by atoms with van der Waals surface area (Å²) in [5.74, 6) is 0.726. The topological polar surface area (TPSA) is 58.2 Å². The zero-order valence-corrected chi connectivity index (χ0v) is 12.0. The third kappa shape index (κ3) is 2.42. The van der Waals surface area contributed by atoms with Crippen LogP contribution in [0.25, 0.3) is 0 Å². The van der Waals surface area contributed by atoms with Gasteiger partial charge >= 0.3 is 6.03 Å². The fraction of sp³-hybridized carbons (Fsp3) is 0.467. The zero-order chi connectivity index (χ0) is 14.0. The normalized spacial score (nSPS) is 29.3. The van der Waals surface area contributed by atoms with Crippen molar-refractivity contribution in [2.24, 2.45) is 0 Å². The molecule has 1 spiro atoms. The minimum absolute atomic E-state index is 0.146. The van der Waals surface area contributed by atoms with Crippen LogP contribution in [-0.2, 0) is 10.5 Å². The lowest BCUT2D eigenvalue weighted by Gasteiger charge is -2.38. The number of carbonyl (C=O) groups is 2. The zero-order valence-electron chi connectivity index (χ0n) is 11.2. The van der Waals surface area contributed by atoms with E-state index >= 15 is 0 Å². The molecule has 2 N–H and O–H groups in total. The summed E-state index contributed by atoms with van der Waals surface area (Å²) in [6, 6.07) is 9.89. The van der Waals surface area contributed by atoms with E-state index in [1.54, 1.807) is 11.8 Å². The van der Waals surface area contributed by atoms with E-state index in [1.807, 2.05) is 18.2 Å². The molecule has 3 amide bonds. The van der Waals surface area contributed by atoms with Crippen molar-refractivity contribution in [3.63, 3.8) is 0 Å². The minimum atomic E-state index is -0.686. The summed E-state index contributed by atoms with van der Waals surface area (Å²) in [4.78, 5) is 23.7. The van der Waals surface area contributed by atoms with Crippen LogP contribution in [0, 0.1) is 0 Å². The number of thioether (sulfide) groups is 1. The van der Waals surface area contributed by atoms with E-state index in [2.05, 4.69) is 22.8 Å². The summed E-state index contributed by atoms with van der Waals surface area (Å²) in [6.45, 7) is 0. The van der Waals surface area contributed by atoms with Gasteiger partial charge in [-0.2, -0.15) is 11.8 Å². The molecule has 3 rings (SSSR count). The SMILES string of the molecule is O=C1NC(=O)C2(CCCCC2SCc2ccccc2)N1. The largest absolute Gasteiger partial charge is 0.322 e. The third-order valence-corrected chi connectivity index (χ3v) is 5.64. The number of imide groups is 1. The highest BCUT2D eigenvalue weighted by molar-refractivity contribution is 7.99. The molecule has 1 saturated heterocycles. The average molecular weight is 290 g/mol. The lowest BCUT2D eigenvalue weighted by molar-refractivity contribution is -0.124. The quantitative estimate of drug-likeness (QED) is 0.841. The Kier molecular flexibility index (Phi) is 3.70. The highest BCUT2D eigenvalue weighted by atomic mass is 32.2. The molecule has 2 fully saturated rings. The van der Waals surface area contributed by atoms with Crippen molar-refractivity contribution in [2.45, 2.75) is 42.2 Å². The smallest absolute Gasteiger partial charge is 0.322 e. The second kappa shape index (κ2) is 5.48. The number of amides is 3. The summed E-state index contributed by atoms with van der Waals surface area (Å²) in [5.41, 5.74) is 0.567. The van der Waals surface area contributed by atoms with Gasteiger partial charge in [0.25, 0.3) is 5.91 Å². The molecule has 0 bridgehead atoms. The fourth-order valence-corrected chi connectivity index (χ4v) is 4.53. The van der Waals surface area contributed by atoms with E-state index < -0.39 is 5.54 Å². The Hall–Kier alpha value is -1.49. The van der Waals surface area contributed by atoms with E-state index in [0.29, 0.717) is 0 Å². The van der Waals surface area contributed by atoms with Gasteiger partial charge in [0.1, 0.15) is 5.54 Å². The molecule has 1 aromatic carbocycles. The number of benzene rings is 1. The van der Waals surface area contributed by atoms with Crippen LogP contribution in [0.2, 0.25) is 0 Å². The number of urea groups is 1. The lowest BCUT2D eigenvalue weighted by atomic mass is 9.81. The fourth-order valence-electron chi connectivity index (χ4n) is 3.05.